The van der Waals surface area contributed by atoms with E-state index in [4.69, 9.17) is 9.47 Å². The van der Waals surface area contributed by atoms with Crippen LogP contribution < -0.4 is 10.1 Å². The van der Waals surface area contributed by atoms with Crippen LogP contribution in [-0.2, 0) is 14.9 Å². The molecule has 2 fully saturated rings. The molecule has 0 saturated carbocycles. The Hall–Kier alpha value is -2.97. The Morgan fingerprint density at radius 1 is 1.09 bits per heavy atom. The van der Waals surface area contributed by atoms with Crippen molar-refractivity contribution in [2.24, 2.45) is 11.8 Å². The number of benzene rings is 2. The van der Waals surface area contributed by atoms with E-state index in [1.807, 2.05) is 24.3 Å². The highest BCUT2D eigenvalue weighted by molar-refractivity contribution is 5.99. The number of ether oxygens (including phenoxy) is 2. The number of piperidine rings is 1. The zero-order chi connectivity index (χ0) is 24.8. The Balaban J connectivity index is 1.36. The lowest BCUT2D eigenvalue weighted by molar-refractivity contribution is -0.384. The number of rotatable bonds is 8. The van der Waals surface area contributed by atoms with Crippen molar-refractivity contribution < 1.29 is 19.2 Å². The summed E-state index contributed by atoms with van der Waals surface area (Å²) in [5.41, 5.74) is 0.681. The van der Waals surface area contributed by atoms with E-state index in [-0.39, 0.29) is 11.6 Å². The number of non-ortho nitro benzene ring substituents is 1. The number of nitro benzene ring substituents is 1. The van der Waals surface area contributed by atoms with Crippen LogP contribution in [0.15, 0.2) is 48.5 Å². The first-order chi connectivity index (χ1) is 16.9. The fourth-order valence-corrected chi connectivity index (χ4v) is 5.42. The average molecular weight is 482 g/mol. The minimum absolute atomic E-state index is 0.0104. The van der Waals surface area contributed by atoms with Crippen LogP contribution in [-0.4, -0.2) is 55.2 Å². The van der Waals surface area contributed by atoms with Crippen molar-refractivity contribution in [2.75, 3.05) is 44.8 Å². The summed E-state index contributed by atoms with van der Waals surface area (Å²) in [4.78, 5) is 26.5. The smallest absolute Gasteiger partial charge is 0.269 e. The van der Waals surface area contributed by atoms with Gasteiger partial charge in [-0.25, -0.2) is 0 Å². The molecule has 8 nitrogen and oxygen atoms in total. The van der Waals surface area contributed by atoms with Crippen molar-refractivity contribution in [2.45, 2.75) is 38.5 Å². The lowest BCUT2D eigenvalue weighted by Crippen LogP contribution is -2.44. The van der Waals surface area contributed by atoms with Crippen LogP contribution in [0.4, 0.5) is 11.4 Å². The van der Waals surface area contributed by atoms with Crippen LogP contribution >= 0.6 is 0 Å². The summed E-state index contributed by atoms with van der Waals surface area (Å²) in [7, 11) is 0. The van der Waals surface area contributed by atoms with E-state index in [0.717, 1.165) is 42.8 Å². The highest BCUT2D eigenvalue weighted by Crippen LogP contribution is 2.37. The number of hydrogen-bond acceptors (Lipinski definition) is 6. The van der Waals surface area contributed by atoms with Crippen molar-refractivity contribution >= 4 is 17.3 Å². The fraction of sp³-hybridized carbons (Fsp3) is 0.519. The topological polar surface area (TPSA) is 93.9 Å². The molecule has 0 radical (unpaired) electrons. The van der Waals surface area contributed by atoms with Crippen molar-refractivity contribution in [1.29, 1.82) is 0 Å². The van der Waals surface area contributed by atoms with Crippen molar-refractivity contribution in [3.63, 3.8) is 0 Å². The molecule has 1 amide bonds. The van der Waals surface area contributed by atoms with E-state index in [2.05, 4.69) is 24.1 Å². The number of hydrogen-bond donors (Lipinski definition) is 1. The number of nitrogens with zero attached hydrogens (tertiary/aromatic N) is 2. The molecular formula is C27H35N3O5. The Kier molecular flexibility index (Phi) is 8.03. The van der Waals surface area contributed by atoms with Gasteiger partial charge in [-0.05, 0) is 60.9 Å². The fourth-order valence-electron chi connectivity index (χ4n) is 5.42. The van der Waals surface area contributed by atoms with E-state index in [1.54, 1.807) is 12.1 Å². The molecule has 2 heterocycles. The Morgan fingerprint density at radius 2 is 1.71 bits per heavy atom. The van der Waals surface area contributed by atoms with E-state index >= 15 is 0 Å². The van der Waals surface area contributed by atoms with Gasteiger partial charge in [-0.15, -0.1) is 0 Å². The second kappa shape index (κ2) is 11.2. The van der Waals surface area contributed by atoms with E-state index < -0.39 is 10.3 Å². The monoisotopic (exact) mass is 481 g/mol. The third-order valence-electron chi connectivity index (χ3n) is 7.14. The molecule has 2 atom stereocenters. The van der Waals surface area contributed by atoms with Gasteiger partial charge in [0.05, 0.1) is 10.3 Å². The summed E-state index contributed by atoms with van der Waals surface area (Å²) in [5, 5.41) is 14.1. The molecule has 2 saturated heterocycles. The lowest BCUT2D eigenvalue weighted by atomic mass is 9.73. The highest BCUT2D eigenvalue weighted by atomic mass is 16.6. The van der Waals surface area contributed by atoms with E-state index in [0.29, 0.717) is 38.3 Å². The molecule has 0 aliphatic carbocycles. The SMILES string of the molecule is C[C@@H]1C[C@H](C)CN(CCOc2ccc(NC(=O)C3(c4ccc([N+](=O)[O-])cc4)CCOCC3)cc2)C1. The molecular weight excluding hydrogens is 446 g/mol. The van der Waals surface area contributed by atoms with Gasteiger partial charge in [-0.3, -0.25) is 19.8 Å². The van der Waals surface area contributed by atoms with Gasteiger partial charge in [0.1, 0.15) is 12.4 Å². The van der Waals surface area contributed by atoms with Gasteiger partial charge in [0, 0.05) is 50.7 Å². The molecule has 0 spiro atoms. The van der Waals surface area contributed by atoms with Gasteiger partial charge in [0.25, 0.3) is 5.69 Å². The summed E-state index contributed by atoms with van der Waals surface area (Å²) in [5.74, 6) is 2.10. The second-order valence-corrected chi connectivity index (χ2v) is 10.0. The van der Waals surface area contributed by atoms with Gasteiger partial charge in [0.15, 0.2) is 0 Å². The maximum Gasteiger partial charge on any atom is 0.269 e. The molecule has 4 rings (SSSR count). The van der Waals surface area contributed by atoms with Gasteiger partial charge in [-0.2, -0.15) is 0 Å². The third-order valence-corrected chi connectivity index (χ3v) is 7.14. The van der Waals surface area contributed by atoms with Crippen LogP contribution in [0, 0.1) is 22.0 Å². The Labute approximate surface area is 206 Å². The third kappa shape index (κ3) is 6.18. The Morgan fingerprint density at radius 3 is 2.31 bits per heavy atom. The molecule has 2 aliphatic heterocycles. The van der Waals surface area contributed by atoms with Crippen LogP contribution in [0.3, 0.4) is 0 Å². The number of likely N-dealkylation sites (tertiary alicyclic amines) is 1. The molecule has 2 aromatic carbocycles. The predicted molar refractivity (Wildman–Crippen MR) is 135 cm³/mol. The molecule has 0 bridgehead atoms. The van der Waals surface area contributed by atoms with Crippen LogP contribution in [0.25, 0.3) is 0 Å². The minimum Gasteiger partial charge on any atom is -0.492 e. The largest absolute Gasteiger partial charge is 0.492 e. The number of nitrogens with one attached hydrogen (secondary N) is 1. The lowest BCUT2D eigenvalue weighted by Gasteiger charge is -2.36. The normalized spacial score (nSPS) is 22.3. The number of anilines is 1. The molecule has 0 unspecified atom stereocenters. The average Bonchev–Trinajstić information content (AvgIpc) is 2.85. The molecule has 0 aromatic heterocycles. The minimum atomic E-state index is -0.786. The Bertz CT molecular complexity index is 992. The maximum absolute atomic E-state index is 13.5. The van der Waals surface area contributed by atoms with E-state index in [1.165, 1.54) is 18.6 Å². The zero-order valence-electron chi connectivity index (χ0n) is 20.6. The quantitative estimate of drug-likeness (QED) is 0.436. The second-order valence-electron chi connectivity index (χ2n) is 10.0. The summed E-state index contributed by atoms with van der Waals surface area (Å²) in [6.45, 7) is 9.34. The molecule has 2 aliphatic rings. The molecule has 188 valence electrons. The van der Waals surface area contributed by atoms with Crippen LogP contribution in [0.1, 0.15) is 38.7 Å². The maximum atomic E-state index is 13.5. The van der Waals surface area contributed by atoms with Crippen molar-refractivity contribution in [3.8, 4) is 5.75 Å². The summed E-state index contributed by atoms with van der Waals surface area (Å²) in [6.07, 6.45) is 2.33. The molecule has 2 aromatic rings. The first-order valence-corrected chi connectivity index (χ1v) is 12.4. The van der Waals surface area contributed by atoms with Gasteiger partial charge in [0.2, 0.25) is 5.91 Å². The molecule has 35 heavy (non-hydrogen) atoms. The number of amides is 1. The van der Waals surface area contributed by atoms with Gasteiger partial charge in [-0.1, -0.05) is 26.0 Å². The van der Waals surface area contributed by atoms with Crippen molar-refractivity contribution in [1.82, 2.24) is 4.90 Å². The standard InChI is InChI=1S/C27H35N3O5/c1-20-17-21(2)19-29(18-20)13-16-35-25-9-5-23(6-10-25)28-26(31)27(11-14-34-15-12-27)22-3-7-24(8-4-22)30(32)33/h3-10,20-21H,11-19H2,1-2H3,(H,28,31)/t20-,21+. The molecule has 1 N–H and O–H groups in total. The van der Waals surface area contributed by atoms with Gasteiger partial charge < -0.3 is 14.8 Å². The van der Waals surface area contributed by atoms with Crippen LogP contribution in [0.2, 0.25) is 0 Å². The first kappa shape index (κ1) is 25.1. The summed E-state index contributed by atoms with van der Waals surface area (Å²) < 4.78 is 11.5. The highest BCUT2D eigenvalue weighted by Gasteiger charge is 2.42. The summed E-state index contributed by atoms with van der Waals surface area (Å²) >= 11 is 0. The molecule has 8 heteroatoms. The zero-order valence-corrected chi connectivity index (χ0v) is 20.6. The van der Waals surface area contributed by atoms with Crippen molar-refractivity contribution in [3.05, 3.63) is 64.2 Å². The predicted octanol–water partition coefficient (Wildman–Crippen LogP) is 4.64. The number of nitro groups is 1. The summed E-state index contributed by atoms with van der Waals surface area (Å²) in [6, 6.07) is 13.7. The number of carbonyl (C=O) groups is 1. The number of carbonyl (C=O) groups excluding carboxylic acids is 1. The van der Waals surface area contributed by atoms with Gasteiger partial charge >= 0.3 is 0 Å². The first-order valence-electron chi connectivity index (χ1n) is 12.4. The van der Waals surface area contributed by atoms with E-state index in [9.17, 15) is 14.9 Å². The van der Waals surface area contributed by atoms with Crippen LogP contribution in [0.5, 0.6) is 5.75 Å².